The molecular weight excluding hydrogens is 266 g/mol. The average Bonchev–Trinajstić information content (AvgIpc) is 3.07. The van der Waals surface area contributed by atoms with Crippen LogP contribution in [0.15, 0.2) is 12.4 Å². The number of hydrogen-bond donors (Lipinski definition) is 0. The number of likely N-dealkylation sites (tertiary alicyclic amines) is 1. The summed E-state index contributed by atoms with van der Waals surface area (Å²) in [5.41, 5.74) is 1.72. The summed E-state index contributed by atoms with van der Waals surface area (Å²) in [5, 5.41) is 4.25. The second kappa shape index (κ2) is 6.46. The smallest absolute Gasteiger partial charge is 0.0814 e. The molecule has 0 aromatic carbocycles. The van der Waals surface area contributed by atoms with Gasteiger partial charge in [-0.1, -0.05) is 0 Å². The fourth-order valence-corrected chi connectivity index (χ4v) is 3.60. The Bertz CT molecular complexity index is 452. The minimum Gasteiger partial charge on any atom is -0.379 e. The quantitative estimate of drug-likeness (QED) is 0.830. The lowest BCUT2D eigenvalue weighted by Gasteiger charge is -2.38. The van der Waals surface area contributed by atoms with Crippen LogP contribution < -0.4 is 0 Å². The van der Waals surface area contributed by atoms with Crippen LogP contribution in [-0.2, 0) is 23.1 Å². The molecule has 0 N–H and O–H groups in total. The average molecular weight is 293 g/mol. The zero-order valence-corrected chi connectivity index (χ0v) is 13.3. The van der Waals surface area contributed by atoms with E-state index in [1.165, 1.54) is 37.9 Å². The van der Waals surface area contributed by atoms with Crippen molar-refractivity contribution in [3.63, 3.8) is 0 Å². The van der Waals surface area contributed by atoms with Gasteiger partial charge in [-0.2, -0.15) is 5.10 Å². The Labute approximate surface area is 127 Å². The molecule has 0 aliphatic carbocycles. The van der Waals surface area contributed by atoms with Crippen LogP contribution in [0.4, 0.5) is 0 Å². The van der Waals surface area contributed by atoms with Crippen LogP contribution in [0.5, 0.6) is 0 Å². The standard InChI is InChI=1S/C16H27N3O2/c1-3-20-12-15-8-16(13-21-15)4-6-19(7-5-16)11-14-9-17-18(2)10-14/h9-10,15H,3-8,11-13H2,1-2H3. The molecule has 0 radical (unpaired) electrons. The zero-order chi connectivity index (χ0) is 14.7. The molecule has 2 aliphatic heterocycles. The van der Waals surface area contributed by atoms with Gasteiger partial charge in [-0.15, -0.1) is 0 Å². The van der Waals surface area contributed by atoms with Crippen LogP contribution in [0.1, 0.15) is 31.7 Å². The molecule has 21 heavy (non-hydrogen) atoms. The lowest BCUT2D eigenvalue weighted by atomic mass is 9.76. The van der Waals surface area contributed by atoms with Crippen molar-refractivity contribution in [2.75, 3.05) is 32.9 Å². The summed E-state index contributed by atoms with van der Waals surface area (Å²) in [5.74, 6) is 0. The molecular formula is C16H27N3O2. The van der Waals surface area contributed by atoms with Gasteiger partial charge in [0.25, 0.3) is 0 Å². The normalized spacial score (nSPS) is 25.7. The number of rotatable bonds is 5. The third kappa shape index (κ3) is 3.65. The Morgan fingerprint density at radius 2 is 2.24 bits per heavy atom. The van der Waals surface area contributed by atoms with E-state index in [4.69, 9.17) is 9.47 Å². The van der Waals surface area contributed by atoms with E-state index < -0.39 is 0 Å². The molecule has 5 heteroatoms. The highest BCUT2D eigenvalue weighted by atomic mass is 16.5. The molecule has 0 bridgehead atoms. The maximum Gasteiger partial charge on any atom is 0.0814 e. The molecule has 1 atom stereocenters. The summed E-state index contributed by atoms with van der Waals surface area (Å²) in [4.78, 5) is 2.54. The summed E-state index contributed by atoms with van der Waals surface area (Å²) in [7, 11) is 1.98. The lowest BCUT2D eigenvalue weighted by Crippen LogP contribution is -2.40. The monoisotopic (exact) mass is 293 g/mol. The Balaban J connectivity index is 1.47. The SMILES string of the molecule is CCOCC1CC2(CCN(Cc3cnn(C)c3)CC2)CO1. The minimum atomic E-state index is 0.315. The van der Waals surface area contributed by atoms with Gasteiger partial charge in [-0.05, 0) is 44.7 Å². The van der Waals surface area contributed by atoms with E-state index in [0.29, 0.717) is 11.5 Å². The topological polar surface area (TPSA) is 39.5 Å². The first-order valence-electron chi connectivity index (χ1n) is 8.08. The predicted molar refractivity (Wildman–Crippen MR) is 81.0 cm³/mol. The van der Waals surface area contributed by atoms with Crippen LogP contribution in [0.2, 0.25) is 0 Å². The maximum atomic E-state index is 5.95. The second-order valence-electron chi connectivity index (χ2n) is 6.60. The zero-order valence-electron chi connectivity index (χ0n) is 13.3. The van der Waals surface area contributed by atoms with E-state index in [2.05, 4.69) is 16.2 Å². The summed E-state index contributed by atoms with van der Waals surface area (Å²) in [6.45, 7) is 7.86. The van der Waals surface area contributed by atoms with Gasteiger partial charge < -0.3 is 9.47 Å². The molecule has 2 fully saturated rings. The fourth-order valence-electron chi connectivity index (χ4n) is 3.60. The van der Waals surface area contributed by atoms with Crippen molar-refractivity contribution >= 4 is 0 Å². The van der Waals surface area contributed by atoms with Crippen LogP contribution in [-0.4, -0.2) is 53.7 Å². The molecule has 2 saturated heterocycles. The number of nitrogens with zero attached hydrogens (tertiary/aromatic N) is 3. The van der Waals surface area contributed by atoms with Crippen LogP contribution in [0.25, 0.3) is 0 Å². The molecule has 5 nitrogen and oxygen atoms in total. The molecule has 1 aromatic heterocycles. The number of ether oxygens (including phenoxy) is 2. The van der Waals surface area contributed by atoms with Crippen molar-refractivity contribution in [3.8, 4) is 0 Å². The van der Waals surface area contributed by atoms with E-state index in [-0.39, 0.29) is 0 Å². The summed E-state index contributed by atoms with van der Waals surface area (Å²) in [6.07, 6.45) is 8.07. The van der Waals surface area contributed by atoms with Crippen molar-refractivity contribution < 1.29 is 9.47 Å². The van der Waals surface area contributed by atoms with Crippen molar-refractivity contribution in [2.24, 2.45) is 12.5 Å². The third-order valence-corrected chi connectivity index (χ3v) is 4.88. The summed E-state index contributed by atoms with van der Waals surface area (Å²) < 4.78 is 13.3. The van der Waals surface area contributed by atoms with E-state index in [0.717, 1.165) is 26.4 Å². The minimum absolute atomic E-state index is 0.315. The third-order valence-electron chi connectivity index (χ3n) is 4.88. The van der Waals surface area contributed by atoms with Crippen LogP contribution >= 0.6 is 0 Å². The highest BCUT2D eigenvalue weighted by molar-refractivity contribution is 5.04. The van der Waals surface area contributed by atoms with E-state index in [1.54, 1.807) is 0 Å². The largest absolute Gasteiger partial charge is 0.379 e. The first-order valence-corrected chi connectivity index (χ1v) is 8.08. The van der Waals surface area contributed by atoms with Crippen molar-refractivity contribution in [1.82, 2.24) is 14.7 Å². The molecule has 1 unspecified atom stereocenters. The Morgan fingerprint density at radius 1 is 1.43 bits per heavy atom. The summed E-state index contributed by atoms with van der Waals surface area (Å²) >= 11 is 0. The van der Waals surface area contributed by atoms with Crippen molar-refractivity contribution in [1.29, 1.82) is 0 Å². The number of piperidine rings is 1. The second-order valence-corrected chi connectivity index (χ2v) is 6.60. The molecule has 118 valence electrons. The Morgan fingerprint density at radius 3 is 2.90 bits per heavy atom. The van der Waals surface area contributed by atoms with Crippen molar-refractivity contribution in [3.05, 3.63) is 18.0 Å². The molecule has 0 amide bonds. The highest BCUT2D eigenvalue weighted by Gasteiger charge is 2.42. The van der Waals surface area contributed by atoms with Gasteiger partial charge in [0.2, 0.25) is 0 Å². The number of aromatic nitrogens is 2. The van der Waals surface area contributed by atoms with Gasteiger partial charge in [0, 0.05) is 32.0 Å². The molecule has 1 spiro atoms. The number of aryl methyl sites for hydroxylation is 1. The molecule has 0 saturated carbocycles. The Kier molecular flexibility index (Phi) is 4.62. The number of hydrogen-bond acceptors (Lipinski definition) is 4. The highest BCUT2D eigenvalue weighted by Crippen LogP contribution is 2.42. The maximum absolute atomic E-state index is 5.95. The van der Waals surface area contributed by atoms with Gasteiger partial charge >= 0.3 is 0 Å². The first kappa shape index (κ1) is 15.0. The first-order chi connectivity index (χ1) is 10.2. The molecule has 2 aliphatic rings. The molecule has 1 aromatic rings. The van der Waals surface area contributed by atoms with Gasteiger partial charge in [-0.3, -0.25) is 9.58 Å². The lowest BCUT2D eigenvalue weighted by molar-refractivity contribution is 0.0158. The van der Waals surface area contributed by atoms with Crippen LogP contribution in [0.3, 0.4) is 0 Å². The van der Waals surface area contributed by atoms with Gasteiger partial charge in [0.15, 0.2) is 0 Å². The fraction of sp³-hybridized carbons (Fsp3) is 0.812. The van der Waals surface area contributed by atoms with Gasteiger partial charge in [0.05, 0.1) is 25.5 Å². The van der Waals surface area contributed by atoms with Crippen LogP contribution in [0, 0.1) is 5.41 Å². The van der Waals surface area contributed by atoms with E-state index in [1.807, 2.05) is 24.9 Å². The Hall–Kier alpha value is -0.910. The predicted octanol–water partition coefficient (Wildman–Crippen LogP) is 1.83. The molecule has 3 heterocycles. The van der Waals surface area contributed by atoms with Gasteiger partial charge in [0.1, 0.15) is 0 Å². The molecule has 3 rings (SSSR count). The summed E-state index contributed by atoms with van der Waals surface area (Å²) in [6, 6.07) is 0. The van der Waals surface area contributed by atoms with Crippen molar-refractivity contribution in [2.45, 2.75) is 38.8 Å². The van der Waals surface area contributed by atoms with E-state index in [9.17, 15) is 0 Å². The van der Waals surface area contributed by atoms with Gasteiger partial charge in [-0.25, -0.2) is 0 Å². The van der Waals surface area contributed by atoms with E-state index >= 15 is 0 Å².